The van der Waals surface area contributed by atoms with Crippen molar-refractivity contribution in [2.24, 2.45) is 0 Å². The van der Waals surface area contributed by atoms with Crippen LogP contribution in [-0.2, 0) is 16.1 Å². The fraction of sp³-hybridized carbons (Fsp3) is 0.350. The van der Waals surface area contributed by atoms with Crippen LogP contribution >= 0.6 is 11.3 Å². The highest BCUT2D eigenvalue weighted by Crippen LogP contribution is 2.33. The van der Waals surface area contributed by atoms with E-state index in [1.165, 1.54) is 13.1 Å². The molecule has 2 aromatic rings. The van der Waals surface area contributed by atoms with E-state index in [4.69, 9.17) is 4.74 Å². The van der Waals surface area contributed by atoms with Crippen LogP contribution in [0.4, 0.5) is 10.7 Å². The van der Waals surface area contributed by atoms with Crippen molar-refractivity contribution in [2.75, 3.05) is 32.6 Å². The van der Waals surface area contributed by atoms with Gasteiger partial charge in [0.15, 0.2) is 0 Å². The molecule has 1 aromatic carbocycles. The third-order valence-electron chi connectivity index (χ3n) is 4.35. The van der Waals surface area contributed by atoms with Crippen LogP contribution in [0.5, 0.6) is 0 Å². The third kappa shape index (κ3) is 5.86. The van der Waals surface area contributed by atoms with Gasteiger partial charge >= 0.3 is 5.97 Å². The van der Waals surface area contributed by atoms with E-state index in [-0.39, 0.29) is 41.9 Å². The van der Waals surface area contributed by atoms with Gasteiger partial charge in [-0.15, -0.1) is 11.3 Å². The van der Waals surface area contributed by atoms with Crippen molar-refractivity contribution in [1.29, 1.82) is 0 Å². The second-order valence-electron chi connectivity index (χ2n) is 6.67. The second-order valence-corrected chi connectivity index (χ2v) is 7.69. The van der Waals surface area contributed by atoms with Crippen molar-refractivity contribution < 1.29 is 24.0 Å². The molecule has 2 amide bonds. The van der Waals surface area contributed by atoms with Crippen LogP contribution in [0.1, 0.15) is 38.1 Å². The van der Waals surface area contributed by atoms with Gasteiger partial charge in [-0.3, -0.25) is 24.6 Å². The first kappa shape index (κ1) is 24.0. The quantitative estimate of drug-likeness (QED) is 0.342. The largest absolute Gasteiger partial charge is 0.462 e. The van der Waals surface area contributed by atoms with E-state index in [2.05, 4.69) is 10.6 Å². The summed E-state index contributed by atoms with van der Waals surface area (Å²) in [5.41, 5.74) is 1.01. The van der Waals surface area contributed by atoms with Crippen LogP contribution in [0.25, 0.3) is 0 Å². The number of hydrogen-bond donors (Lipinski definition) is 2. The monoisotopic (exact) mass is 448 g/mol. The summed E-state index contributed by atoms with van der Waals surface area (Å²) >= 11 is 0.986. The van der Waals surface area contributed by atoms with Gasteiger partial charge in [-0.1, -0.05) is 18.2 Å². The number of ether oxygens (including phenoxy) is 1. The van der Waals surface area contributed by atoms with Crippen molar-refractivity contribution in [1.82, 2.24) is 10.2 Å². The van der Waals surface area contributed by atoms with E-state index in [9.17, 15) is 24.5 Å². The van der Waals surface area contributed by atoms with Crippen LogP contribution < -0.4 is 10.6 Å². The molecule has 11 heteroatoms. The predicted octanol–water partition coefficient (Wildman–Crippen LogP) is 2.57. The zero-order chi connectivity index (χ0) is 23.1. The van der Waals surface area contributed by atoms with E-state index in [0.717, 1.165) is 11.3 Å². The number of nitro benzene ring substituents is 1. The molecule has 166 valence electrons. The summed E-state index contributed by atoms with van der Waals surface area (Å²) < 4.78 is 5.06. The summed E-state index contributed by atoms with van der Waals surface area (Å²) in [6.45, 7) is 3.52. The molecule has 0 radical (unpaired) electrons. The number of nitrogens with one attached hydrogen (secondary N) is 2. The molecule has 1 heterocycles. The molecular formula is C20H24N4O6S. The Balaban J connectivity index is 2.18. The van der Waals surface area contributed by atoms with Crippen LogP contribution in [-0.4, -0.2) is 54.9 Å². The molecule has 10 nitrogen and oxygen atoms in total. The topological polar surface area (TPSA) is 131 Å². The second kappa shape index (κ2) is 10.6. The van der Waals surface area contributed by atoms with E-state index in [1.54, 1.807) is 44.0 Å². The number of thiophene rings is 1. The number of esters is 1. The van der Waals surface area contributed by atoms with E-state index in [1.807, 2.05) is 0 Å². The molecule has 0 saturated carbocycles. The lowest BCUT2D eigenvalue weighted by molar-refractivity contribution is -0.385. The minimum atomic E-state index is -0.630. The molecule has 0 atom stereocenters. The number of nitro groups is 1. The number of likely N-dealkylation sites (N-methyl/N-ethyl adjacent to an activating group) is 1. The fourth-order valence-electron chi connectivity index (χ4n) is 2.96. The number of benzene rings is 1. The highest BCUT2D eigenvalue weighted by atomic mass is 32.1. The van der Waals surface area contributed by atoms with Gasteiger partial charge in [0.2, 0.25) is 5.91 Å². The predicted molar refractivity (Wildman–Crippen MR) is 116 cm³/mol. The number of anilines is 1. The van der Waals surface area contributed by atoms with Gasteiger partial charge in [-0.2, -0.15) is 0 Å². The van der Waals surface area contributed by atoms with Gasteiger partial charge in [0.1, 0.15) is 5.00 Å². The average molecular weight is 449 g/mol. The molecular weight excluding hydrogens is 424 g/mol. The highest BCUT2D eigenvalue weighted by Gasteiger charge is 2.26. The molecule has 0 aliphatic heterocycles. The Kier molecular flexibility index (Phi) is 8.22. The minimum absolute atomic E-state index is 0.0246. The van der Waals surface area contributed by atoms with Gasteiger partial charge in [0, 0.05) is 25.2 Å². The summed E-state index contributed by atoms with van der Waals surface area (Å²) in [5.74, 6) is -1.44. The maximum absolute atomic E-state index is 12.6. The molecule has 0 bridgehead atoms. The zero-order valence-corrected chi connectivity index (χ0v) is 18.5. The van der Waals surface area contributed by atoms with Crippen molar-refractivity contribution in [3.05, 3.63) is 55.9 Å². The maximum atomic E-state index is 12.6. The van der Waals surface area contributed by atoms with Crippen LogP contribution in [0.2, 0.25) is 0 Å². The lowest BCUT2D eigenvalue weighted by Crippen LogP contribution is -2.30. The minimum Gasteiger partial charge on any atom is -0.462 e. The Hall–Kier alpha value is -3.31. The van der Waals surface area contributed by atoms with E-state index < -0.39 is 16.8 Å². The van der Waals surface area contributed by atoms with E-state index in [0.29, 0.717) is 16.0 Å². The number of amides is 2. The smallest absolute Gasteiger partial charge is 0.341 e. The number of carbonyl (C=O) groups excluding carboxylic acids is 3. The van der Waals surface area contributed by atoms with Gasteiger partial charge in [-0.05, 0) is 26.5 Å². The fourth-order valence-corrected chi connectivity index (χ4v) is 4.12. The molecule has 0 unspecified atom stereocenters. The van der Waals surface area contributed by atoms with Gasteiger partial charge in [-0.25, -0.2) is 4.79 Å². The maximum Gasteiger partial charge on any atom is 0.341 e. The van der Waals surface area contributed by atoms with E-state index >= 15 is 0 Å². The highest BCUT2D eigenvalue weighted by molar-refractivity contribution is 7.18. The first-order valence-corrected chi connectivity index (χ1v) is 10.2. The lowest BCUT2D eigenvalue weighted by Gasteiger charge is -2.16. The Morgan fingerprint density at radius 1 is 1.26 bits per heavy atom. The molecule has 1 aromatic heterocycles. The molecule has 31 heavy (non-hydrogen) atoms. The summed E-state index contributed by atoms with van der Waals surface area (Å²) in [6.07, 6.45) is 0. The number of rotatable bonds is 9. The average Bonchev–Trinajstić information content (AvgIpc) is 3.03. The molecule has 0 aliphatic rings. The number of carbonyl (C=O) groups is 3. The Morgan fingerprint density at radius 3 is 2.55 bits per heavy atom. The SMILES string of the molecule is CCOC(=O)c1c(NC(=O)CN(C)Cc2ccccc2[N+](=O)[O-])sc(C(=O)NC)c1C. The molecule has 2 rings (SSSR count). The van der Waals surface area contributed by atoms with Crippen molar-refractivity contribution in [3.8, 4) is 0 Å². The molecule has 0 aliphatic carbocycles. The van der Waals surface area contributed by atoms with Crippen LogP contribution in [0.15, 0.2) is 24.3 Å². The standard InChI is InChI=1S/C20H24N4O6S/c1-5-30-20(27)16-12(2)17(18(26)21-3)31-19(16)22-15(25)11-23(4)10-13-8-6-7-9-14(13)24(28)29/h6-9H,5,10-11H2,1-4H3,(H,21,26)(H,22,25). The number of para-hydroxylation sites is 1. The molecule has 0 fully saturated rings. The van der Waals surface area contributed by atoms with Gasteiger partial charge in [0.05, 0.1) is 28.5 Å². The first-order valence-electron chi connectivity index (χ1n) is 9.42. The zero-order valence-electron chi connectivity index (χ0n) is 17.7. The third-order valence-corrected chi connectivity index (χ3v) is 5.56. The Labute approximate surface area is 183 Å². The summed E-state index contributed by atoms with van der Waals surface area (Å²) in [6, 6.07) is 6.30. The summed E-state index contributed by atoms with van der Waals surface area (Å²) in [4.78, 5) is 49.7. The molecule has 0 saturated heterocycles. The molecule has 0 spiro atoms. The van der Waals surface area contributed by atoms with Crippen molar-refractivity contribution in [3.63, 3.8) is 0 Å². The van der Waals surface area contributed by atoms with Crippen LogP contribution in [0, 0.1) is 17.0 Å². The lowest BCUT2D eigenvalue weighted by atomic mass is 10.1. The first-order chi connectivity index (χ1) is 14.7. The van der Waals surface area contributed by atoms with Gasteiger partial charge in [0.25, 0.3) is 11.6 Å². The van der Waals surface area contributed by atoms with Gasteiger partial charge < -0.3 is 15.4 Å². The number of nitrogens with zero attached hydrogens (tertiary/aromatic N) is 2. The van der Waals surface area contributed by atoms with Crippen molar-refractivity contribution in [2.45, 2.75) is 20.4 Å². The number of hydrogen-bond acceptors (Lipinski definition) is 8. The Bertz CT molecular complexity index is 1000. The van der Waals surface area contributed by atoms with Crippen LogP contribution in [0.3, 0.4) is 0 Å². The summed E-state index contributed by atoms with van der Waals surface area (Å²) in [7, 11) is 3.12. The summed E-state index contributed by atoms with van der Waals surface area (Å²) in [5, 5.41) is 16.6. The molecule has 2 N–H and O–H groups in total. The normalized spacial score (nSPS) is 10.6. The Morgan fingerprint density at radius 2 is 1.94 bits per heavy atom. The van der Waals surface area contributed by atoms with Crippen molar-refractivity contribution >= 4 is 39.8 Å².